The molecule has 34 heavy (non-hydrogen) atoms. The highest BCUT2D eigenvalue weighted by Gasteiger charge is 2.30. The molecule has 2 rings (SSSR count). The van der Waals surface area contributed by atoms with Crippen molar-refractivity contribution in [2.45, 2.75) is 135 Å². The van der Waals surface area contributed by atoms with Crippen molar-refractivity contribution < 1.29 is 23.7 Å². The van der Waals surface area contributed by atoms with Gasteiger partial charge in [-0.1, -0.05) is 76.8 Å². The number of benzene rings is 1. The number of carbonyl (C=O) groups is 1. The number of hydrogen-bond acceptors (Lipinski definition) is 5. The van der Waals surface area contributed by atoms with Crippen LogP contribution < -0.4 is 4.74 Å². The molecule has 4 unspecified atom stereocenters. The van der Waals surface area contributed by atoms with Crippen LogP contribution in [0.2, 0.25) is 0 Å². The van der Waals surface area contributed by atoms with Crippen molar-refractivity contribution in [2.75, 3.05) is 7.11 Å². The quantitative estimate of drug-likeness (QED) is 0.130. The fourth-order valence-corrected chi connectivity index (χ4v) is 4.79. The molecule has 1 aromatic rings. The highest BCUT2D eigenvalue weighted by atomic mass is 16.8. The average Bonchev–Trinajstić information content (AvgIpc) is 2.83. The van der Waals surface area contributed by atoms with Gasteiger partial charge in [0.15, 0.2) is 12.6 Å². The summed E-state index contributed by atoms with van der Waals surface area (Å²) in [7, 11) is 1.61. The molecule has 1 saturated carbocycles. The van der Waals surface area contributed by atoms with Crippen LogP contribution in [-0.2, 0) is 19.0 Å². The smallest absolute Gasteiger partial charge is 0.306 e. The van der Waals surface area contributed by atoms with Gasteiger partial charge >= 0.3 is 5.97 Å². The van der Waals surface area contributed by atoms with Gasteiger partial charge in [0.2, 0.25) is 0 Å². The molecule has 0 spiro atoms. The Morgan fingerprint density at radius 1 is 0.941 bits per heavy atom. The van der Waals surface area contributed by atoms with Crippen molar-refractivity contribution in [3.63, 3.8) is 0 Å². The van der Waals surface area contributed by atoms with Crippen molar-refractivity contribution in [3.05, 3.63) is 29.8 Å². The van der Waals surface area contributed by atoms with Gasteiger partial charge in [-0.25, -0.2) is 0 Å². The largest absolute Gasteiger partial charge is 0.465 e. The van der Waals surface area contributed by atoms with Gasteiger partial charge < -0.3 is 18.9 Å². The zero-order chi connectivity index (χ0) is 24.6. The number of methoxy groups -OCH3 is 1. The second-order valence-electron chi connectivity index (χ2n) is 9.70. The summed E-state index contributed by atoms with van der Waals surface area (Å²) < 4.78 is 22.7. The Bertz CT molecular complexity index is 676. The number of unbranched alkanes of at least 4 members (excludes halogenated alkanes) is 8. The topological polar surface area (TPSA) is 54.0 Å². The van der Waals surface area contributed by atoms with Crippen LogP contribution in [0.4, 0.5) is 0 Å². The highest BCUT2D eigenvalue weighted by Crippen LogP contribution is 2.36. The summed E-state index contributed by atoms with van der Waals surface area (Å²) in [5.74, 6) is 0.944. The van der Waals surface area contributed by atoms with Gasteiger partial charge in [0.05, 0.1) is 0 Å². The molecule has 0 amide bonds. The molecule has 1 aliphatic rings. The Hall–Kier alpha value is -1.59. The lowest BCUT2D eigenvalue weighted by Crippen LogP contribution is -2.28. The van der Waals surface area contributed by atoms with Crippen LogP contribution in [0.15, 0.2) is 24.3 Å². The van der Waals surface area contributed by atoms with Gasteiger partial charge in [-0.2, -0.15) is 0 Å². The van der Waals surface area contributed by atoms with Gasteiger partial charge in [-0.3, -0.25) is 4.79 Å². The molecule has 0 saturated heterocycles. The maximum Gasteiger partial charge on any atom is 0.306 e. The molecular formula is C29H48O5. The molecule has 1 aromatic carbocycles. The van der Waals surface area contributed by atoms with E-state index in [2.05, 4.69) is 19.1 Å². The summed E-state index contributed by atoms with van der Waals surface area (Å²) in [6.07, 6.45) is 15.3. The molecule has 0 aromatic heterocycles. The van der Waals surface area contributed by atoms with Crippen LogP contribution in [0.1, 0.15) is 122 Å². The molecular weight excluding hydrogens is 428 g/mol. The maximum atomic E-state index is 12.6. The molecule has 194 valence electrons. The number of ether oxygens (including phenoxy) is 4. The van der Waals surface area contributed by atoms with Crippen LogP contribution in [0.5, 0.6) is 5.75 Å². The molecule has 0 N–H and O–H groups in total. The van der Waals surface area contributed by atoms with E-state index in [1.165, 1.54) is 50.5 Å². The minimum Gasteiger partial charge on any atom is -0.465 e. The number of hydrogen-bond donors (Lipinski definition) is 0. The fourth-order valence-electron chi connectivity index (χ4n) is 4.79. The second kappa shape index (κ2) is 16.9. The lowest BCUT2D eigenvalue weighted by atomic mass is 9.81. The zero-order valence-electron chi connectivity index (χ0n) is 22.1. The second-order valence-corrected chi connectivity index (χ2v) is 9.70. The van der Waals surface area contributed by atoms with Crippen LogP contribution >= 0.6 is 0 Å². The number of esters is 1. The first-order valence-electron chi connectivity index (χ1n) is 13.7. The molecule has 1 fully saturated rings. The predicted octanol–water partition coefficient (Wildman–Crippen LogP) is 7.91. The SMILES string of the molecule is CCCCCCCCCCCC(=O)OC1CCCCC1c1cccc(OC(C)OC(C)OC)c1. The monoisotopic (exact) mass is 476 g/mol. The summed E-state index contributed by atoms with van der Waals surface area (Å²) in [6.45, 7) is 5.95. The average molecular weight is 477 g/mol. The van der Waals surface area contributed by atoms with Gasteiger partial charge in [-0.05, 0) is 57.2 Å². The lowest BCUT2D eigenvalue weighted by molar-refractivity contribution is -0.192. The van der Waals surface area contributed by atoms with Crippen molar-refractivity contribution in [1.29, 1.82) is 0 Å². The Morgan fingerprint density at radius 3 is 2.32 bits per heavy atom. The predicted molar refractivity (Wildman–Crippen MR) is 137 cm³/mol. The van der Waals surface area contributed by atoms with Crippen molar-refractivity contribution in [1.82, 2.24) is 0 Å². The van der Waals surface area contributed by atoms with Crippen molar-refractivity contribution in [3.8, 4) is 5.75 Å². The van der Waals surface area contributed by atoms with E-state index in [0.29, 0.717) is 6.42 Å². The first-order chi connectivity index (χ1) is 16.5. The summed E-state index contributed by atoms with van der Waals surface area (Å²) in [5, 5.41) is 0. The van der Waals surface area contributed by atoms with Crippen molar-refractivity contribution >= 4 is 5.97 Å². The van der Waals surface area contributed by atoms with Gasteiger partial charge in [-0.15, -0.1) is 0 Å². The van der Waals surface area contributed by atoms with E-state index >= 15 is 0 Å². The third-order valence-electron chi connectivity index (χ3n) is 6.77. The number of rotatable bonds is 17. The molecule has 0 aliphatic heterocycles. The van der Waals surface area contributed by atoms with E-state index in [1.54, 1.807) is 7.11 Å². The summed E-state index contributed by atoms with van der Waals surface area (Å²) >= 11 is 0. The van der Waals surface area contributed by atoms with E-state index in [9.17, 15) is 4.79 Å². The normalized spacial score (nSPS) is 20.0. The van der Waals surface area contributed by atoms with Gasteiger partial charge in [0.1, 0.15) is 11.9 Å². The third kappa shape index (κ3) is 11.2. The molecule has 5 nitrogen and oxygen atoms in total. The Balaban J connectivity index is 1.77. The van der Waals surface area contributed by atoms with Gasteiger partial charge in [0, 0.05) is 19.4 Å². The zero-order valence-corrected chi connectivity index (χ0v) is 22.1. The first-order valence-corrected chi connectivity index (χ1v) is 13.7. The number of carbonyl (C=O) groups excluding carboxylic acids is 1. The molecule has 4 atom stereocenters. The minimum atomic E-state index is -0.415. The maximum absolute atomic E-state index is 12.6. The Kier molecular flexibility index (Phi) is 14.3. The lowest BCUT2D eigenvalue weighted by Gasteiger charge is -2.32. The van der Waals surface area contributed by atoms with E-state index in [-0.39, 0.29) is 24.3 Å². The fraction of sp³-hybridized carbons (Fsp3) is 0.759. The Labute approximate surface area is 207 Å². The van der Waals surface area contributed by atoms with Crippen LogP contribution in [0.25, 0.3) is 0 Å². The molecule has 0 heterocycles. The highest BCUT2D eigenvalue weighted by molar-refractivity contribution is 5.69. The molecule has 0 bridgehead atoms. The summed E-state index contributed by atoms with van der Waals surface area (Å²) in [6, 6.07) is 8.13. The first kappa shape index (κ1) is 28.6. The summed E-state index contributed by atoms with van der Waals surface area (Å²) in [4.78, 5) is 12.6. The third-order valence-corrected chi connectivity index (χ3v) is 6.77. The van der Waals surface area contributed by atoms with Crippen molar-refractivity contribution in [2.24, 2.45) is 0 Å². The molecule has 1 aliphatic carbocycles. The summed E-state index contributed by atoms with van der Waals surface area (Å²) in [5.41, 5.74) is 1.17. The molecule has 0 radical (unpaired) electrons. The van der Waals surface area contributed by atoms with E-state index in [0.717, 1.165) is 44.3 Å². The van der Waals surface area contributed by atoms with Crippen LogP contribution in [-0.4, -0.2) is 31.8 Å². The van der Waals surface area contributed by atoms with Gasteiger partial charge in [0.25, 0.3) is 0 Å². The minimum absolute atomic E-state index is 0.0391. The van der Waals surface area contributed by atoms with E-state index < -0.39 is 6.29 Å². The standard InChI is InChI=1S/C29H48O5/c1-5-6-7-8-9-10-11-12-13-21-29(30)34-28-20-15-14-19-27(28)25-17-16-18-26(22-25)33-24(3)32-23(2)31-4/h16-18,22-24,27-28H,5-15,19-21H2,1-4H3. The van der Waals surface area contributed by atoms with Crippen LogP contribution in [0.3, 0.4) is 0 Å². The van der Waals surface area contributed by atoms with E-state index in [4.69, 9.17) is 18.9 Å². The van der Waals surface area contributed by atoms with E-state index in [1.807, 2.05) is 26.0 Å². The Morgan fingerprint density at radius 2 is 1.62 bits per heavy atom. The van der Waals surface area contributed by atoms with Crippen LogP contribution in [0, 0.1) is 0 Å². The molecule has 5 heteroatoms.